The number of rotatable bonds is 4. The molecule has 88 valence electrons. The highest BCUT2D eigenvalue weighted by atomic mass is 16.5. The van der Waals surface area contributed by atoms with Gasteiger partial charge < -0.3 is 15.0 Å². The summed E-state index contributed by atoms with van der Waals surface area (Å²) in [6.45, 7) is 6.21. The molecule has 0 aliphatic carbocycles. The fourth-order valence-electron chi connectivity index (χ4n) is 1.43. The standard InChI is InChI=1S/C13H14N2O2/c1-9(2)8-16-11-5-3-4-10(6-11)12-7-15-17-13(12)14/h3-7H,1,8,14H2,2H3. The van der Waals surface area contributed by atoms with E-state index in [4.69, 9.17) is 15.0 Å². The number of hydrogen-bond acceptors (Lipinski definition) is 4. The minimum Gasteiger partial charge on any atom is -0.489 e. The molecule has 0 saturated heterocycles. The molecule has 4 nitrogen and oxygen atoms in total. The Balaban J connectivity index is 2.23. The van der Waals surface area contributed by atoms with Crippen LogP contribution in [0.2, 0.25) is 0 Å². The summed E-state index contributed by atoms with van der Waals surface area (Å²) >= 11 is 0. The number of nitrogens with two attached hydrogens (primary N) is 1. The number of aromatic nitrogens is 1. The topological polar surface area (TPSA) is 61.3 Å². The molecule has 2 aromatic rings. The lowest BCUT2D eigenvalue weighted by atomic mass is 10.1. The molecule has 0 spiro atoms. The van der Waals surface area contributed by atoms with Crippen LogP contribution >= 0.6 is 0 Å². The maximum atomic E-state index is 5.66. The van der Waals surface area contributed by atoms with Gasteiger partial charge in [-0.3, -0.25) is 0 Å². The van der Waals surface area contributed by atoms with E-state index in [1.807, 2.05) is 31.2 Å². The van der Waals surface area contributed by atoms with Crippen molar-refractivity contribution in [3.8, 4) is 16.9 Å². The predicted octanol–water partition coefficient (Wildman–Crippen LogP) is 2.88. The van der Waals surface area contributed by atoms with Crippen molar-refractivity contribution in [2.45, 2.75) is 6.92 Å². The van der Waals surface area contributed by atoms with Crippen molar-refractivity contribution in [3.05, 3.63) is 42.6 Å². The highest BCUT2D eigenvalue weighted by Crippen LogP contribution is 2.28. The minimum absolute atomic E-state index is 0.307. The summed E-state index contributed by atoms with van der Waals surface area (Å²) in [4.78, 5) is 0. The van der Waals surface area contributed by atoms with E-state index >= 15 is 0 Å². The van der Waals surface area contributed by atoms with Crippen LogP contribution in [0.15, 0.2) is 47.1 Å². The van der Waals surface area contributed by atoms with Crippen molar-refractivity contribution in [1.29, 1.82) is 0 Å². The lowest BCUT2D eigenvalue weighted by Crippen LogP contribution is -1.97. The summed E-state index contributed by atoms with van der Waals surface area (Å²) < 4.78 is 10.4. The summed E-state index contributed by atoms with van der Waals surface area (Å²) in [6.07, 6.45) is 1.59. The van der Waals surface area contributed by atoms with Crippen molar-refractivity contribution >= 4 is 5.88 Å². The van der Waals surface area contributed by atoms with Gasteiger partial charge in [-0.1, -0.05) is 23.9 Å². The van der Waals surface area contributed by atoms with Crippen LogP contribution < -0.4 is 10.5 Å². The van der Waals surface area contributed by atoms with Crippen LogP contribution in [0.1, 0.15) is 6.92 Å². The number of anilines is 1. The molecule has 0 bridgehead atoms. The van der Waals surface area contributed by atoms with E-state index in [9.17, 15) is 0 Å². The second kappa shape index (κ2) is 4.74. The molecule has 0 aliphatic heterocycles. The zero-order valence-electron chi connectivity index (χ0n) is 9.64. The number of hydrogen-bond donors (Lipinski definition) is 1. The first kappa shape index (κ1) is 11.3. The van der Waals surface area contributed by atoms with Gasteiger partial charge in [0.25, 0.3) is 0 Å². The SMILES string of the molecule is C=C(C)COc1cccc(-c2cnoc2N)c1. The predicted molar refractivity (Wildman–Crippen MR) is 66.7 cm³/mol. The van der Waals surface area contributed by atoms with Gasteiger partial charge >= 0.3 is 0 Å². The van der Waals surface area contributed by atoms with E-state index in [0.717, 1.165) is 22.4 Å². The van der Waals surface area contributed by atoms with E-state index in [1.165, 1.54) is 0 Å². The molecule has 1 heterocycles. The summed E-state index contributed by atoms with van der Waals surface area (Å²) in [5, 5.41) is 3.65. The molecule has 0 aliphatic rings. The van der Waals surface area contributed by atoms with Crippen LogP contribution in [0.5, 0.6) is 5.75 Å². The molecule has 0 atom stereocenters. The summed E-state index contributed by atoms with van der Waals surface area (Å²) in [5.41, 5.74) is 8.32. The second-order valence-electron chi connectivity index (χ2n) is 3.88. The Kier molecular flexibility index (Phi) is 3.14. The average molecular weight is 230 g/mol. The molecule has 17 heavy (non-hydrogen) atoms. The Bertz CT molecular complexity index is 532. The van der Waals surface area contributed by atoms with E-state index in [-0.39, 0.29) is 0 Å². The fourth-order valence-corrected chi connectivity index (χ4v) is 1.43. The third-order valence-corrected chi connectivity index (χ3v) is 2.23. The molecular weight excluding hydrogens is 216 g/mol. The quantitative estimate of drug-likeness (QED) is 0.820. The number of nitrogen functional groups attached to an aromatic ring is 1. The molecule has 0 unspecified atom stereocenters. The molecule has 2 N–H and O–H groups in total. The normalized spacial score (nSPS) is 10.2. The first-order valence-corrected chi connectivity index (χ1v) is 5.24. The van der Waals surface area contributed by atoms with Crippen molar-refractivity contribution in [2.24, 2.45) is 0 Å². The van der Waals surface area contributed by atoms with E-state index in [0.29, 0.717) is 12.5 Å². The number of benzene rings is 1. The van der Waals surface area contributed by atoms with Crippen LogP contribution in [0.4, 0.5) is 5.88 Å². The van der Waals surface area contributed by atoms with Gasteiger partial charge in [0.15, 0.2) is 0 Å². The van der Waals surface area contributed by atoms with Crippen molar-refractivity contribution in [1.82, 2.24) is 5.16 Å². The third kappa shape index (κ3) is 2.66. The lowest BCUT2D eigenvalue weighted by molar-refractivity contribution is 0.353. The Labute approximate surface area is 99.7 Å². The van der Waals surface area contributed by atoms with E-state index in [1.54, 1.807) is 6.20 Å². The monoisotopic (exact) mass is 230 g/mol. The van der Waals surface area contributed by atoms with E-state index in [2.05, 4.69) is 11.7 Å². The maximum Gasteiger partial charge on any atom is 0.229 e. The zero-order chi connectivity index (χ0) is 12.3. The van der Waals surface area contributed by atoms with Gasteiger partial charge in [0, 0.05) is 0 Å². The second-order valence-corrected chi connectivity index (χ2v) is 3.88. The number of ether oxygens (including phenoxy) is 1. The van der Waals surface area contributed by atoms with Gasteiger partial charge in [0.2, 0.25) is 5.88 Å². The summed E-state index contributed by atoms with van der Waals surface area (Å²) in [6, 6.07) is 7.61. The van der Waals surface area contributed by atoms with E-state index < -0.39 is 0 Å². The van der Waals surface area contributed by atoms with Crippen LogP contribution in [-0.4, -0.2) is 11.8 Å². The summed E-state index contributed by atoms with van der Waals surface area (Å²) in [7, 11) is 0. The van der Waals surface area contributed by atoms with Crippen LogP contribution in [0.25, 0.3) is 11.1 Å². The zero-order valence-corrected chi connectivity index (χ0v) is 9.64. The van der Waals surface area contributed by atoms with Crippen molar-refractivity contribution in [3.63, 3.8) is 0 Å². The van der Waals surface area contributed by atoms with Gasteiger partial charge in [-0.25, -0.2) is 0 Å². The molecule has 2 rings (SSSR count). The Morgan fingerprint density at radius 2 is 2.35 bits per heavy atom. The lowest BCUT2D eigenvalue weighted by Gasteiger charge is -2.07. The first-order valence-electron chi connectivity index (χ1n) is 5.24. The van der Waals surface area contributed by atoms with Crippen molar-refractivity contribution < 1.29 is 9.26 Å². The van der Waals surface area contributed by atoms with Gasteiger partial charge in [0.1, 0.15) is 12.4 Å². The van der Waals surface area contributed by atoms with Crippen LogP contribution in [0, 0.1) is 0 Å². The molecule has 0 fully saturated rings. The van der Waals surface area contributed by atoms with Gasteiger partial charge in [-0.15, -0.1) is 0 Å². The highest BCUT2D eigenvalue weighted by Gasteiger charge is 2.07. The Hall–Kier alpha value is -2.23. The Morgan fingerprint density at radius 1 is 1.53 bits per heavy atom. The highest BCUT2D eigenvalue weighted by molar-refractivity contribution is 5.72. The first-order chi connectivity index (χ1) is 8.16. The van der Waals surface area contributed by atoms with Gasteiger partial charge in [0.05, 0.1) is 11.8 Å². The van der Waals surface area contributed by atoms with Crippen LogP contribution in [-0.2, 0) is 0 Å². The van der Waals surface area contributed by atoms with Crippen LogP contribution in [0.3, 0.4) is 0 Å². The fraction of sp³-hybridized carbons (Fsp3) is 0.154. The molecular formula is C13H14N2O2. The average Bonchev–Trinajstić information content (AvgIpc) is 2.73. The maximum absolute atomic E-state index is 5.66. The van der Waals surface area contributed by atoms with Gasteiger partial charge in [-0.2, -0.15) is 0 Å². The molecule has 0 amide bonds. The van der Waals surface area contributed by atoms with Crippen molar-refractivity contribution in [2.75, 3.05) is 12.3 Å². The summed E-state index contributed by atoms with van der Waals surface area (Å²) in [5.74, 6) is 1.08. The largest absolute Gasteiger partial charge is 0.489 e. The minimum atomic E-state index is 0.307. The molecule has 1 aromatic heterocycles. The molecule has 1 aromatic carbocycles. The number of nitrogens with zero attached hydrogens (tertiary/aromatic N) is 1. The Morgan fingerprint density at radius 3 is 3.00 bits per heavy atom. The van der Waals surface area contributed by atoms with Gasteiger partial charge in [-0.05, 0) is 30.2 Å². The molecule has 0 radical (unpaired) electrons. The molecule has 4 heteroatoms. The smallest absolute Gasteiger partial charge is 0.229 e. The third-order valence-electron chi connectivity index (χ3n) is 2.23. The molecule has 0 saturated carbocycles.